The van der Waals surface area contributed by atoms with E-state index in [1.807, 2.05) is 35.2 Å². The molecule has 0 aliphatic heterocycles. The average molecular weight is 281 g/mol. The molecule has 0 unspecified atom stereocenters. The first kappa shape index (κ1) is 13.1. The van der Waals surface area contributed by atoms with Crippen molar-refractivity contribution < 1.29 is 9.18 Å². The first-order valence-corrected chi connectivity index (χ1v) is 6.40. The van der Waals surface area contributed by atoms with Gasteiger partial charge in [-0.1, -0.05) is 12.1 Å². The smallest absolute Gasteiger partial charge is 0.256 e. The molecular weight excluding hydrogens is 269 g/mol. The van der Waals surface area contributed by atoms with Crippen molar-refractivity contribution in [1.82, 2.24) is 9.55 Å². The Kier molecular flexibility index (Phi) is 3.47. The minimum Gasteiger partial charge on any atom is -0.324 e. The Bertz CT molecular complexity index is 769. The number of rotatable bonds is 3. The predicted molar refractivity (Wildman–Crippen MR) is 77.9 cm³/mol. The Morgan fingerprint density at radius 2 is 1.81 bits per heavy atom. The molecule has 3 aromatic rings. The van der Waals surface area contributed by atoms with E-state index >= 15 is 0 Å². The zero-order chi connectivity index (χ0) is 14.7. The van der Waals surface area contributed by atoms with E-state index < -0.39 is 5.95 Å². The third kappa shape index (κ3) is 2.97. The summed E-state index contributed by atoms with van der Waals surface area (Å²) in [6.07, 6.45) is 3.79. The Morgan fingerprint density at radius 3 is 2.57 bits per heavy atom. The normalized spacial score (nSPS) is 10.3. The number of aromatic nitrogens is 2. The minimum absolute atomic E-state index is 0.186. The van der Waals surface area contributed by atoms with Crippen molar-refractivity contribution in [2.75, 3.05) is 5.32 Å². The van der Waals surface area contributed by atoms with Gasteiger partial charge in [0.2, 0.25) is 5.95 Å². The highest BCUT2D eigenvalue weighted by Crippen LogP contribution is 2.13. The summed E-state index contributed by atoms with van der Waals surface area (Å²) >= 11 is 0. The van der Waals surface area contributed by atoms with Gasteiger partial charge in [-0.3, -0.25) is 4.79 Å². The number of hydrogen-bond donors (Lipinski definition) is 1. The SMILES string of the molecule is O=C(Nc1cccc(F)n1)c1cccc(-n2cccc2)c1. The number of carbonyl (C=O) groups is 1. The number of benzene rings is 1. The first-order chi connectivity index (χ1) is 10.2. The fraction of sp³-hybridized carbons (Fsp3) is 0. The molecule has 0 saturated carbocycles. The molecular formula is C16H12FN3O. The summed E-state index contributed by atoms with van der Waals surface area (Å²) < 4.78 is 14.9. The quantitative estimate of drug-likeness (QED) is 0.749. The maximum Gasteiger partial charge on any atom is 0.256 e. The first-order valence-electron chi connectivity index (χ1n) is 6.40. The maximum atomic E-state index is 13.0. The van der Waals surface area contributed by atoms with Crippen molar-refractivity contribution in [2.45, 2.75) is 0 Å². The molecule has 5 heteroatoms. The van der Waals surface area contributed by atoms with Gasteiger partial charge < -0.3 is 9.88 Å². The van der Waals surface area contributed by atoms with E-state index in [4.69, 9.17) is 0 Å². The van der Waals surface area contributed by atoms with E-state index in [2.05, 4.69) is 10.3 Å². The summed E-state index contributed by atoms with van der Waals surface area (Å²) in [7, 11) is 0. The van der Waals surface area contributed by atoms with E-state index in [1.54, 1.807) is 18.2 Å². The van der Waals surface area contributed by atoms with Crippen LogP contribution in [0.3, 0.4) is 0 Å². The molecule has 0 fully saturated rings. The van der Waals surface area contributed by atoms with Crippen LogP contribution in [0.4, 0.5) is 10.2 Å². The lowest BCUT2D eigenvalue weighted by Crippen LogP contribution is -2.13. The van der Waals surface area contributed by atoms with Crippen LogP contribution in [0.2, 0.25) is 0 Å². The van der Waals surface area contributed by atoms with Crippen molar-refractivity contribution in [3.05, 3.63) is 78.5 Å². The number of nitrogens with zero attached hydrogens (tertiary/aromatic N) is 2. The second-order valence-electron chi connectivity index (χ2n) is 4.44. The third-order valence-electron chi connectivity index (χ3n) is 2.97. The van der Waals surface area contributed by atoms with Crippen LogP contribution in [0.25, 0.3) is 5.69 Å². The molecule has 2 aromatic heterocycles. The van der Waals surface area contributed by atoms with Gasteiger partial charge in [-0.15, -0.1) is 0 Å². The van der Waals surface area contributed by atoms with E-state index in [0.717, 1.165) is 5.69 Å². The largest absolute Gasteiger partial charge is 0.324 e. The third-order valence-corrected chi connectivity index (χ3v) is 2.97. The van der Waals surface area contributed by atoms with E-state index in [1.165, 1.54) is 18.2 Å². The number of amides is 1. The highest BCUT2D eigenvalue weighted by Gasteiger charge is 2.08. The van der Waals surface area contributed by atoms with Gasteiger partial charge in [-0.05, 0) is 42.5 Å². The number of pyridine rings is 1. The molecule has 2 heterocycles. The van der Waals surface area contributed by atoms with Gasteiger partial charge in [0.1, 0.15) is 5.82 Å². The zero-order valence-electron chi connectivity index (χ0n) is 11.0. The van der Waals surface area contributed by atoms with Crippen molar-refractivity contribution in [1.29, 1.82) is 0 Å². The monoisotopic (exact) mass is 281 g/mol. The Morgan fingerprint density at radius 1 is 1.05 bits per heavy atom. The van der Waals surface area contributed by atoms with Gasteiger partial charge in [-0.2, -0.15) is 4.39 Å². The summed E-state index contributed by atoms with van der Waals surface area (Å²) in [5, 5.41) is 2.57. The fourth-order valence-corrected chi connectivity index (χ4v) is 1.98. The molecule has 1 amide bonds. The molecule has 0 aliphatic carbocycles. The molecule has 1 N–H and O–H groups in total. The lowest BCUT2D eigenvalue weighted by Gasteiger charge is -2.07. The van der Waals surface area contributed by atoms with Crippen molar-refractivity contribution >= 4 is 11.7 Å². The fourth-order valence-electron chi connectivity index (χ4n) is 1.98. The zero-order valence-corrected chi connectivity index (χ0v) is 11.0. The standard InChI is InChI=1S/C16H12FN3O/c17-14-7-4-8-15(18-14)19-16(21)12-5-3-6-13(11-12)20-9-1-2-10-20/h1-11H,(H,18,19,21). The molecule has 0 saturated heterocycles. The van der Waals surface area contributed by atoms with Crippen LogP contribution in [0.1, 0.15) is 10.4 Å². The predicted octanol–water partition coefficient (Wildman–Crippen LogP) is 3.26. The summed E-state index contributed by atoms with van der Waals surface area (Å²) in [5.41, 5.74) is 1.35. The number of carbonyl (C=O) groups excluding carboxylic acids is 1. The van der Waals surface area contributed by atoms with Crippen LogP contribution in [0, 0.1) is 5.95 Å². The Balaban J connectivity index is 1.83. The summed E-state index contributed by atoms with van der Waals surface area (Å²) in [6, 6.07) is 15.2. The lowest BCUT2D eigenvalue weighted by atomic mass is 10.2. The van der Waals surface area contributed by atoms with Crippen LogP contribution in [0.15, 0.2) is 67.0 Å². The molecule has 104 valence electrons. The van der Waals surface area contributed by atoms with Crippen LogP contribution < -0.4 is 5.32 Å². The van der Waals surface area contributed by atoms with Gasteiger partial charge in [0.05, 0.1) is 0 Å². The van der Waals surface area contributed by atoms with Crippen molar-refractivity contribution in [2.24, 2.45) is 0 Å². The van der Waals surface area contributed by atoms with Gasteiger partial charge in [-0.25, -0.2) is 4.98 Å². The maximum absolute atomic E-state index is 13.0. The van der Waals surface area contributed by atoms with Gasteiger partial charge in [0.15, 0.2) is 0 Å². The summed E-state index contributed by atoms with van der Waals surface area (Å²) in [4.78, 5) is 15.8. The van der Waals surface area contributed by atoms with Crippen molar-refractivity contribution in [3.8, 4) is 5.69 Å². The molecule has 0 radical (unpaired) electrons. The van der Waals surface area contributed by atoms with E-state index in [-0.39, 0.29) is 11.7 Å². The number of nitrogens with one attached hydrogen (secondary N) is 1. The molecule has 0 atom stereocenters. The molecule has 3 rings (SSSR count). The van der Waals surface area contributed by atoms with E-state index in [0.29, 0.717) is 5.56 Å². The molecule has 21 heavy (non-hydrogen) atoms. The second-order valence-corrected chi connectivity index (χ2v) is 4.44. The van der Waals surface area contributed by atoms with Gasteiger partial charge >= 0.3 is 0 Å². The number of hydrogen-bond acceptors (Lipinski definition) is 2. The summed E-state index contributed by atoms with van der Waals surface area (Å²) in [5.74, 6) is -0.776. The number of anilines is 1. The highest BCUT2D eigenvalue weighted by atomic mass is 19.1. The molecule has 0 bridgehead atoms. The average Bonchev–Trinajstić information content (AvgIpc) is 3.02. The number of halogens is 1. The minimum atomic E-state index is -0.631. The second kappa shape index (κ2) is 5.58. The Hall–Kier alpha value is -2.95. The van der Waals surface area contributed by atoms with Gasteiger partial charge in [0.25, 0.3) is 5.91 Å². The highest BCUT2D eigenvalue weighted by molar-refractivity contribution is 6.04. The molecule has 0 spiro atoms. The molecule has 1 aromatic carbocycles. The van der Waals surface area contributed by atoms with E-state index in [9.17, 15) is 9.18 Å². The van der Waals surface area contributed by atoms with Crippen LogP contribution in [-0.2, 0) is 0 Å². The molecule has 0 aliphatic rings. The lowest BCUT2D eigenvalue weighted by molar-refractivity contribution is 0.102. The molecule has 4 nitrogen and oxygen atoms in total. The van der Waals surface area contributed by atoms with Gasteiger partial charge in [0, 0.05) is 23.6 Å². The Labute approximate surface area is 120 Å². The van der Waals surface area contributed by atoms with Crippen molar-refractivity contribution in [3.63, 3.8) is 0 Å². The van der Waals surface area contributed by atoms with Crippen LogP contribution in [-0.4, -0.2) is 15.5 Å². The van der Waals surface area contributed by atoms with Crippen LogP contribution in [0.5, 0.6) is 0 Å². The topological polar surface area (TPSA) is 46.9 Å². The summed E-state index contributed by atoms with van der Waals surface area (Å²) in [6.45, 7) is 0. The van der Waals surface area contributed by atoms with Crippen LogP contribution >= 0.6 is 0 Å².